The third kappa shape index (κ3) is 2.55. The lowest BCUT2D eigenvalue weighted by atomic mass is 10.1. The van der Waals surface area contributed by atoms with Crippen molar-refractivity contribution in [3.8, 4) is 0 Å². The molecule has 1 aliphatic rings. The number of aromatic nitrogens is 1. The van der Waals surface area contributed by atoms with Gasteiger partial charge in [-0.3, -0.25) is 0 Å². The average Bonchev–Trinajstić information content (AvgIpc) is 2.91. The highest BCUT2D eigenvalue weighted by Crippen LogP contribution is 2.34. The third-order valence-corrected chi connectivity index (χ3v) is 3.71. The Labute approximate surface area is 89.8 Å². The summed E-state index contributed by atoms with van der Waals surface area (Å²) in [7, 11) is 0. The van der Waals surface area contributed by atoms with Gasteiger partial charge < -0.3 is 5.32 Å². The van der Waals surface area contributed by atoms with Gasteiger partial charge in [-0.1, -0.05) is 6.92 Å². The fraction of sp³-hybridized carbons (Fsp3) is 0.727. The zero-order chi connectivity index (χ0) is 9.97. The van der Waals surface area contributed by atoms with E-state index in [0.29, 0.717) is 6.04 Å². The predicted molar refractivity (Wildman–Crippen MR) is 60.7 cm³/mol. The molecule has 1 atom stereocenters. The maximum absolute atomic E-state index is 4.52. The first-order chi connectivity index (χ1) is 6.79. The van der Waals surface area contributed by atoms with E-state index in [1.165, 1.54) is 17.8 Å². The molecule has 0 radical (unpaired) electrons. The molecule has 1 aromatic rings. The molecule has 1 N–H and O–H groups in total. The van der Waals surface area contributed by atoms with Gasteiger partial charge in [0.15, 0.2) is 0 Å². The summed E-state index contributed by atoms with van der Waals surface area (Å²) in [6, 6.07) is 0.672. The first-order valence-electron chi connectivity index (χ1n) is 5.44. The lowest BCUT2D eigenvalue weighted by Crippen LogP contribution is -2.32. The predicted octanol–water partition coefficient (Wildman–Crippen LogP) is 2.38. The van der Waals surface area contributed by atoms with Crippen LogP contribution >= 0.6 is 11.3 Å². The van der Waals surface area contributed by atoms with Crippen LogP contribution in [-0.2, 0) is 6.42 Å². The number of aryl methyl sites for hydroxylation is 1. The Balaban J connectivity index is 1.92. The largest absolute Gasteiger partial charge is 0.314 e. The van der Waals surface area contributed by atoms with Gasteiger partial charge in [-0.2, -0.15) is 0 Å². The molecular formula is C11H18N2S. The molecule has 14 heavy (non-hydrogen) atoms. The fourth-order valence-corrected chi connectivity index (χ4v) is 2.68. The van der Waals surface area contributed by atoms with Crippen molar-refractivity contribution in [2.24, 2.45) is 5.92 Å². The Morgan fingerprint density at radius 1 is 1.64 bits per heavy atom. The molecule has 2 nitrogen and oxygen atoms in total. The van der Waals surface area contributed by atoms with Gasteiger partial charge >= 0.3 is 0 Å². The summed E-state index contributed by atoms with van der Waals surface area (Å²) in [5.74, 6) is 0.916. The standard InChI is InChI=1S/C11H18N2S/c1-3-12-10(9-4-5-9)6-11-13-8(2)7-14-11/h7,9-10,12H,3-6H2,1-2H3. The molecule has 2 rings (SSSR count). The number of nitrogens with zero attached hydrogens (tertiary/aromatic N) is 1. The number of thiazole rings is 1. The topological polar surface area (TPSA) is 24.9 Å². The highest BCUT2D eigenvalue weighted by Gasteiger charge is 2.30. The van der Waals surface area contributed by atoms with Crippen LogP contribution in [0, 0.1) is 12.8 Å². The van der Waals surface area contributed by atoms with E-state index in [2.05, 4.69) is 29.5 Å². The minimum Gasteiger partial charge on any atom is -0.314 e. The Kier molecular flexibility index (Phi) is 3.19. The molecule has 1 saturated carbocycles. The summed E-state index contributed by atoms with van der Waals surface area (Å²) in [6.45, 7) is 5.33. The van der Waals surface area contributed by atoms with Crippen LogP contribution in [-0.4, -0.2) is 17.6 Å². The van der Waals surface area contributed by atoms with E-state index in [9.17, 15) is 0 Å². The van der Waals surface area contributed by atoms with Gasteiger partial charge in [0.05, 0.1) is 5.01 Å². The van der Waals surface area contributed by atoms with Crippen molar-refractivity contribution in [1.29, 1.82) is 0 Å². The molecular weight excluding hydrogens is 192 g/mol. The molecule has 1 aliphatic carbocycles. The van der Waals surface area contributed by atoms with E-state index in [0.717, 1.165) is 24.6 Å². The van der Waals surface area contributed by atoms with Crippen molar-refractivity contribution in [1.82, 2.24) is 10.3 Å². The number of rotatable bonds is 5. The van der Waals surface area contributed by atoms with E-state index in [1.807, 2.05) is 0 Å². The van der Waals surface area contributed by atoms with Gasteiger partial charge in [0, 0.05) is 23.5 Å². The number of hydrogen-bond donors (Lipinski definition) is 1. The lowest BCUT2D eigenvalue weighted by molar-refractivity contribution is 0.471. The van der Waals surface area contributed by atoms with Gasteiger partial charge in [0.1, 0.15) is 0 Å². The molecule has 1 heterocycles. The molecule has 3 heteroatoms. The Morgan fingerprint density at radius 2 is 2.43 bits per heavy atom. The van der Waals surface area contributed by atoms with E-state index in [1.54, 1.807) is 11.3 Å². The summed E-state index contributed by atoms with van der Waals surface area (Å²) in [4.78, 5) is 4.52. The molecule has 1 fully saturated rings. The van der Waals surface area contributed by atoms with Crippen molar-refractivity contribution < 1.29 is 0 Å². The monoisotopic (exact) mass is 210 g/mol. The number of nitrogens with one attached hydrogen (secondary N) is 1. The van der Waals surface area contributed by atoms with Crippen molar-refractivity contribution in [2.45, 2.75) is 39.2 Å². The molecule has 0 spiro atoms. The molecule has 0 amide bonds. The quantitative estimate of drug-likeness (QED) is 0.807. The lowest BCUT2D eigenvalue weighted by Gasteiger charge is -2.15. The molecule has 78 valence electrons. The second-order valence-corrected chi connectivity index (χ2v) is 5.03. The molecule has 0 aliphatic heterocycles. The van der Waals surface area contributed by atoms with Gasteiger partial charge in [-0.15, -0.1) is 11.3 Å². The van der Waals surface area contributed by atoms with E-state index in [4.69, 9.17) is 0 Å². The Morgan fingerprint density at radius 3 is 2.93 bits per heavy atom. The molecule has 0 saturated heterocycles. The van der Waals surface area contributed by atoms with Gasteiger partial charge in [-0.25, -0.2) is 4.98 Å². The average molecular weight is 210 g/mol. The van der Waals surface area contributed by atoms with Crippen LogP contribution < -0.4 is 5.32 Å². The fourth-order valence-electron chi connectivity index (χ4n) is 1.85. The highest BCUT2D eigenvalue weighted by atomic mass is 32.1. The van der Waals surface area contributed by atoms with Crippen LogP contribution in [0.2, 0.25) is 0 Å². The van der Waals surface area contributed by atoms with Crippen molar-refractivity contribution in [3.05, 3.63) is 16.1 Å². The van der Waals surface area contributed by atoms with Crippen molar-refractivity contribution >= 4 is 11.3 Å². The number of hydrogen-bond acceptors (Lipinski definition) is 3. The molecule has 1 unspecified atom stereocenters. The first-order valence-corrected chi connectivity index (χ1v) is 6.32. The zero-order valence-electron chi connectivity index (χ0n) is 8.92. The van der Waals surface area contributed by atoms with E-state index >= 15 is 0 Å². The van der Waals surface area contributed by atoms with Crippen molar-refractivity contribution in [2.75, 3.05) is 6.54 Å². The van der Waals surface area contributed by atoms with Crippen LogP contribution in [0.15, 0.2) is 5.38 Å². The van der Waals surface area contributed by atoms with Crippen LogP contribution in [0.25, 0.3) is 0 Å². The van der Waals surface area contributed by atoms with Gasteiger partial charge in [0.25, 0.3) is 0 Å². The highest BCUT2D eigenvalue weighted by molar-refractivity contribution is 7.09. The summed E-state index contributed by atoms with van der Waals surface area (Å²) >= 11 is 1.80. The summed E-state index contributed by atoms with van der Waals surface area (Å²) in [5, 5.41) is 7.01. The van der Waals surface area contributed by atoms with Gasteiger partial charge in [0.2, 0.25) is 0 Å². The third-order valence-electron chi connectivity index (χ3n) is 2.72. The minimum absolute atomic E-state index is 0.672. The second-order valence-electron chi connectivity index (χ2n) is 4.09. The van der Waals surface area contributed by atoms with Crippen LogP contribution in [0.5, 0.6) is 0 Å². The summed E-state index contributed by atoms with van der Waals surface area (Å²) in [5.41, 5.74) is 1.16. The maximum Gasteiger partial charge on any atom is 0.0943 e. The SMILES string of the molecule is CCNC(Cc1nc(C)cs1)C1CC1. The molecule has 0 bridgehead atoms. The summed E-state index contributed by atoms with van der Waals surface area (Å²) in [6.07, 6.45) is 3.93. The van der Waals surface area contributed by atoms with Gasteiger partial charge in [-0.05, 0) is 32.2 Å². The Hall–Kier alpha value is -0.410. The second kappa shape index (κ2) is 4.41. The molecule has 1 aromatic heterocycles. The maximum atomic E-state index is 4.52. The van der Waals surface area contributed by atoms with Crippen LogP contribution in [0.3, 0.4) is 0 Å². The van der Waals surface area contributed by atoms with Crippen LogP contribution in [0.1, 0.15) is 30.5 Å². The smallest absolute Gasteiger partial charge is 0.0943 e. The minimum atomic E-state index is 0.672. The van der Waals surface area contributed by atoms with E-state index in [-0.39, 0.29) is 0 Å². The van der Waals surface area contributed by atoms with Crippen molar-refractivity contribution in [3.63, 3.8) is 0 Å². The van der Waals surface area contributed by atoms with E-state index < -0.39 is 0 Å². The summed E-state index contributed by atoms with van der Waals surface area (Å²) < 4.78 is 0. The van der Waals surface area contributed by atoms with Crippen LogP contribution in [0.4, 0.5) is 0 Å². The first kappa shape index (κ1) is 10.1. The molecule has 0 aromatic carbocycles. The normalized spacial score (nSPS) is 18.4. The number of likely N-dealkylation sites (N-methyl/N-ethyl adjacent to an activating group) is 1. The zero-order valence-corrected chi connectivity index (χ0v) is 9.73. The Bertz CT molecular complexity index is 291.